The molecule has 1 fully saturated rings. The maximum absolute atomic E-state index is 10.6. The third-order valence-corrected chi connectivity index (χ3v) is 4.31. The smallest absolute Gasteiger partial charge is 0.404 e. The Balaban J connectivity index is 1.52. The van der Waals surface area contributed by atoms with Crippen molar-refractivity contribution in [2.24, 2.45) is 0 Å². The average Bonchev–Trinajstić information content (AvgIpc) is 3.03. The van der Waals surface area contributed by atoms with E-state index in [9.17, 15) is 4.79 Å². The van der Waals surface area contributed by atoms with Gasteiger partial charge < -0.3 is 20.5 Å². The topological polar surface area (TPSA) is 127 Å². The van der Waals surface area contributed by atoms with Crippen LogP contribution >= 0.6 is 0 Å². The first-order valence-electron chi connectivity index (χ1n) is 8.11. The van der Waals surface area contributed by atoms with Crippen LogP contribution in [0.2, 0.25) is 0 Å². The summed E-state index contributed by atoms with van der Waals surface area (Å²) in [5.41, 5.74) is 1.99. The molecular formula is C16H17N7O3. The number of methoxy groups -OCH3 is 1. The molecule has 0 aliphatic heterocycles. The minimum absolute atomic E-state index is 0.0276. The van der Waals surface area contributed by atoms with E-state index in [-0.39, 0.29) is 12.1 Å². The molecule has 1 aromatic carbocycles. The molecule has 4 rings (SSSR count). The summed E-state index contributed by atoms with van der Waals surface area (Å²) in [6, 6.07) is 7.53. The van der Waals surface area contributed by atoms with E-state index in [2.05, 4.69) is 30.9 Å². The van der Waals surface area contributed by atoms with Gasteiger partial charge in [-0.3, -0.25) is 0 Å². The number of nitrogens with zero attached hydrogens (tertiary/aromatic N) is 5. The maximum Gasteiger partial charge on any atom is 0.404 e. The first kappa shape index (κ1) is 16.1. The Morgan fingerprint density at radius 2 is 2.04 bits per heavy atom. The van der Waals surface area contributed by atoms with Gasteiger partial charge in [0.15, 0.2) is 11.2 Å². The van der Waals surface area contributed by atoms with Crippen LogP contribution in [0.15, 0.2) is 30.5 Å². The van der Waals surface area contributed by atoms with Crippen molar-refractivity contribution in [2.45, 2.75) is 24.9 Å². The van der Waals surface area contributed by atoms with Crippen LogP contribution in [0.3, 0.4) is 0 Å². The molecule has 0 saturated heterocycles. The Morgan fingerprint density at radius 1 is 1.27 bits per heavy atom. The summed E-state index contributed by atoms with van der Waals surface area (Å²) >= 11 is 0. The van der Waals surface area contributed by atoms with E-state index in [0.717, 1.165) is 11.4 Å². The number of rotatable bonds is 5. The Bertz CT molecular complexity index is 935. The van der Waals surface area contributed by atoms with Gasteiger partial charge in [-0.15, -0.1) is 5.10 Å². The van der Waals surface area contributed by atoms with Gasteiger partial charge in [-0.05, 0) is 37.1 Å². The van der Waals surface area contributed by atoms with Crippen LogP contribution in [0.4, 0.5) is 10.7 Å². The third-order valence-electron chi connectivity index (χ3n) is 4.31. The van der Waals surface area contributed by atoms with Gasteiger partial charge in [0.05, 0.1) is 19.0 Å². The monoisotopic (exact) mass is 355 g/mol. The normalized spacial score (nSPS) is 19.0. The average molecular weight is 355 g/mol. The Kier molecular flexibility index (Phi) is 3.99. The number of anilines is 1. The number of carbonyl (C=O) groups is 1. The SMILES string of the molecule is COc1ccc(-n2nnc3cnc(N[C@H]4C[C@@H](NC(=O)O)C4)nc32)cc1. The van der Waals surface area contributed by atoms with Crippen LogP contribution < -0.4 is 15.4 Å². The highest BCUT2D eigenvalue weighted by Gasteiger charge is 2.30. The molecule has 3 N–H and O–H groups in total. The summed E-state index contributed by atoms with van der Waals surface area (Å²) in [4.78, 5) is 19.4. The van der Waals surface area contributed by atoms with E-state index in [4.69, 9.17) is 9.84 Å². The largest absolute Gasteiger partial charge is 0.497 e. The molecule has 0 radical (unpaired) electrons. The second-order valence-electron chi connectivity index (χ2n) is 6.06. The molecule has 3 aromatic rings. The quantitative estimate of drug-likeness (QED) is 0.627. The van der Waals surface area contributed by atoms with Crippen LogP contribution in [0.1, 0.15) is 12.8 Å². The summed E-state index contributed by atoms with van der Waals surface area (Å²) in [5, 5.41) is 22.6. The molecule has 0 bridgehead atoms. The minimum Gasteiger partial charge on any atom is -0.497 e. The second-order valence-corrected chi connectivity index (χ2v) is 6.06. The highest BCUT2D eigenvalue weighted by atomic mass is 16.5. The van der Waals surface area contributed by atoms with Crippen molar-refractivity contribution in [1.29, 1.82) is 0 Å². The van der Waals surface area contributed by atoms with E-state index < -0.39 is 6.09 Å². The van der Waals surface area contributed by atoms with Crippen molar-refractivity contribution in [1.82, 2.24) is 30.3 Å². The van der Waals surface area contributed by atoms with E-state index in [1.54, 1.807) is 18.0 Å². The van der Waals surface area contributed by atoms with Crippen molar-refractivity contribution in [3.63, 3.8) is 0 Å². The van der Waals surface area contributed by atoms with Gasteiger partial charge in [0.25, 0.3) is 0 Å². The zero-order valence-corrected chi connectivity index (χ0v) is 14.0. The van der Waals surface area contributed by atoms with Gasteiger partial charge in [0, 0.05) is 12.1 Å². The molecule has 2 heterocycles. The highest BCUT2D eigenvalue weighted by molar-refractivity contribution is 5.72. The molecule has 1 saturated carbocycles. The number of hydrogen-bond donors (Lipinski definition) is 3. The fourth-order valence-corrected chi connectivity index (χ4v) is 2.91. The number of fused-ring (bicyclic) bond motifs is 1. The lowest BCUT2D eigenvalue weighted by molar-refractivity contribution is 0.180. The molecule has 2 aromatic heterocycles. The van der Waals surface area contributed by atoms with Gasteiger partial charge in [-0.1, -0.05) is 5.21 Å². The predicted octanol–water partition coefficient (Wildman–Crippen LogP) is 1.43. The number of carboxylic acid groups (broad SMARTS) is 1. The van der Waals surface area contributed by atoms with E-state index in [0.29, 0.717) is 30.0 Å². The molecule has 0 unspecified atom stereocenters. The molecule has 1 amide bonds. The van der Waals surface area contributed by atoms with Crippen LogP contribution in [0.5, 0.6) is 5.75 Å². The summed E-state index contributed by atoms with van der Waals surface area (Å²) < 4.78 is 6.80. The predicted molar refractivity (Wildman–Crippen MR) is 92.6 cm³/mol. The standard InChI is InChI=1S/C16H17N7O3/c1-26-12-4-2-11(3-5-12)23-14-13(21-22-23)8-17-15(20-14)18-9-6-10(7-9)19-16(24)25/h2-5,8-10,19H,6-7H2,1H3,(H,24,25)(H,17,18,20)/t9-,10+. The number of nitrogens with one attached hydrogen (secondary N) is 2. The Labute approximate surface area is 148 Å². The van der Waals surface area contributed by atoms with Crippen molar-refractivity contribution in [3.8, 4) is 11.4 Å². The van der Waals surface area contributed by atoms with Crippen LogP contribution in [-0.4, -0.2) is 55.4 Å². The highest BCUT2D eigenvalue weighted by Crippen LogP contribution is 2.24. The van der Waals surface area contributed by atoms with Crippen LogP contribution in [0, 0.1) is 0 Å². The summed E-state index contributed by atoms with van der Waals surface area (Å²) in [7, 11) is 1.61. The lowest BCUT2D eigenvalue weighted by atomic mass is 9.87. The van der Waals surface area contributed by atoms with Gasteiger partial charge in [0.1, 0.15) is 5.75 Å². The Morgan fingerprint density at radius 3 is 2.73 bits per heavy atom. The van der Waals surface area contributed by atoms with Gasteiger partial charge >= 0.3 is 6.09 Å². The van der Waals surface area contributed by atoms with Crippen molar-refractivity contribution >= 4 is 23.2 Å². The fraction of sp³-hybridized carbons (Fsp3) is 0.312. The van der Waals surface area contributed by atoms with Crippen LogP contribution in [0.25, 0.3) is 16.9 Å². The molecule has 1 aliphatic carbocycles. The molecule has 10 heteroatoms. The van der Waals surface area contributed by atoms with E-state index >= 15 is 0 Å². The van der Waals surface area contributed by atoms with Gasteiger partial charge in [-0.25, -0.2) is 9.78 Å². The van der Waals surface area contributed by atoms with Crippen molar-refractivity contribution in [2.75, 3.05) is 12.4 Å². The van der Waals surface area contributed by atoms with Crippen molar-refractivity contribution in [3.05, 3.63) is 30.5 Å². The number of amides is 1. The zero-order chi connectivity index (χ0) is 18.1. The molecule has 26 heavy (non-hydrogen) atoms. The Hall–Kier alpha value is -3.43. The lowest BCUT2D eigenvalue weighted by Gasteiger charge is -2.35. The minimum atomic E-state index is -0.999. The fourth-order valence-electron chi connectivity index (χ4n) is 2.91. The van der Waals surface area contributed by atoms with E-state index in [1.807, 2.05) is 24.3 Å². The number of ether oxygens (including phenoxy) is 1. The van der Waals surface area contributed by atoms with E-state index in [1.165, 1.54) is 0 Å². The zero-order valence-electron chi connectivity index (χ0n) is 14.0. The molecule has 134 valence electrons. The van der Waals surface area contributed by atoms with Crippen molar-refractivity contribution < 1.29 is 14.6 Å². The molecule has 1 aliphatic rings. The first-order valence-corrected chi connectivity index (χ1v) is 8.11. The lowest BCUT2D eigenvalue weighted by Crippen LogP contribution is -2.49. The molecular weight excluding hydrogens is 338 g/mol. The van der Waals surface area contributed by atoms with Gasteiger partial charge in [0.2, 0.25) is 5.95 Å². The van der Waals surface area contributed by atoms with Crippen LogP contribution in [-0.2, 0) is 0 Å². The maximum atomic E-state index is 10.6. The molecule has 0 spiro atoms. The second kappa shape index (κ2) is 6.47. The summed E-state index contributed by atoms with van der Waals surface area (Å²) in [5.74, 6) is 1.22. The number of aromatic nitrogens is 5. The number of hydrogen-bond acceptors (Lipinski definition) is 7. The number of benzene rings is 1. The molecule has 0 atom stereocenters. The summed E-state index contributed by atoms with van der Waals surface area (Å²) in [6.07, 6.45) is 2.01. The molecule has 10 nitrogen and oxygen atoms in total. The summed E-state index contributed by atoms with van der Waals surface area (Å²) in [6.45, 7) is 0. The first-order chi connectivity index (χ1) is 12.6. The third kappa shape index (κ3) is 3.08. The van der Waals surface area contributed by atoms with Gasteiger partial charge in [-0.2, -0.15) is 9.67 Å².